The van der Waals surface area contributed by atoms with E-state index in [1.807, 2.05) is 26.8 Å². The Kier molecular flexibility index (Phi) is 4.88. The Balaban J connectivity index is 1.72. The summed E-state index contributed by atoms with van der Waals surface area (Å²) in [4.78, 5) is 31.4. The van der Waals surface area contributed by atoms with Gasteiger partial charge < -0.3 is 25.9 Å². The number of benzene rings is 2. The number of aryl methyl sites for hydroxylation is 1. The van der Waals surface area contributed by atoms with Crippen LogP contribution in [0.1, 0.15) is 68.6 Å². The van der Waals surface area contributed by atoms with Gasteiger partial charge in [-0.25, -0.2) is 0 Å². The van der Waals surface area contributed by atoms with Crippen LogP contribution in [0.2, 0.25) is 0 Å². The largest absolute Gasteiger partial charge is 0.454 e. The van der Waals surface area contributed by atoms with Gasteiger partial charge in [0.2, 0.25) is 11.3 Å². The maximum Gasteiger partial charge on any atom is 0.271 e. The number of nitrogen functional groups attached to an aromatic ring is 1. The normalized spacial score (nSPS) is 22.4. The number of nitrogens with two attached hydrogens (primary N) is 2. The number of hydrogen-bond donors (Lipinski definition) is 5. The smallest absolute Gasteiger partial charge is 0.271 e. The highest BCUT2D eigenvalue weighted by Crippen LogP contribution is 2.59. The molecule has 2 heterocycles. The molecule has 7 N–H and O–H groups in total. The van der Waals surface area contributed by atoms with E-state index in [0.717, 1.165) is 28.1 Å². The Morgan fingerprint density at radius 3 is 2.59 bits per heavy atom. The molecular formula is C25H26N4O4S. The SMILES string of the molecule is Cc1[nH]c(C(=O)NC23C(=O)c4c(N)cccc4C2(O)Oc2cc(C(C)C)ccc23)c(C)c1SN. The van der Waals surface area contributed by atoms with E-state index in [0.29, 0.717) is 16.9 Å². The van der Waals surface area contributed by atoms with Gasteiger partial charge in [0.25, 0.3) is 11.7 Å². The van der Waals surface area contributed by atoms with Crippen molar-refractivity contribution in [2.24, 2.45) is 5.14 Å². The highest BCUT2D eigenvalue weighted by atomic mass is 32.2. The number of fused-ring (bicyclic) bond motifs is 5. The third-order valence-corrected chi connectivity index (χ3v) is 7.73. The number of Topliss-reactive ketones (excluding diaryl/α,β-unsaturated/α-hetero) is 1. The van der Waals surface area contributed by atoms with Gasteiger partial charge in [0, 0.05) is 27.4 Å². The van der Waals surface area contributed by atoms with Crippen LogP contribution in [-0.2, 0) is 11.3 Å². The highest BCUT2D eigenvalue weighted by molar-refractivity contribution is 7.97. The summed E-state index contributed by atoms with van der Waals surface area (Å²) in [6.07, 6.45) is 0. The number of carbonyl (C=O) groups is 2. The Hall–Kier alpha value is -3.27. The van der Waals surface area contributed by atoms with E-state index in [1.54, 1.807) is 37.3 Å². The second kappa shape index (κ2) is 7.36. The number of rotatable bonds is 4. The van der Waals surface area contributed by atoms with E-state index in [4.69, 9.17) is 15.6 Å². The third-order valence-electron chi connectivity index (χ3n) is 6.89. The van der Waals surface area contributed by atoms with Crippen LogP contribution >= 0.6 is 11.9 Å². The van der Waals surface area contributed by atoms with Crippen molar-refractivity contribution < 1.29 is 19.4 Å². The molecule has 1 aromatic heterocycles. The van der Waals surface area contributed by atoms with Crippen molar-refractivity contribution in [2.75, 3.05) is 5.73 Å². The van der Waals surface area contributed by atoms with E-state index < -0.39 is 23.0 Å². The predicted octanol–water partition coefficient (Wildman–Crippen LogP) is 3.36. The number of ether oxygens (including phenoxy) is 1. The number of nitrogens with one attached hydrogen (secondary N) is 2. The molecule has 176 valence electrons. The lowest BCUT2D eigenvalue weighted by atomic mass is 9.82. The van der Waals surface area contributed by atoms with Crippen molar-refractivity contribution >= 4 is 29.3 Å². The number of ketones is 1. The van der Waals surface area contributed by atoms with Crippen LogP contribution in [0.15, 0.2) is 41.3 Å². The number of aliphatic hydroxyl groups is 1. The van der Waals surface area contributed by atoms with Crippen LogP contribution in [0.3, 0.4) is 0 Å². The Labute approximate surface area is 201 Å². The molecule has 2 unspecified atom stereocenters. The predicted molar refractivity (Wildman–Crippen MR) is 130 cm³/mol. The van der Waals surface area contributed by atoms with Crippen molar-refractivity contribution in [1.29, 1.82) is 0 Å². The van der Waals surface area contributed by atoms with Gasteiger partial charge in [0.15, 0.2) is 0 Å². The molecule has 34 heavy (non-hydrogen) atoms. The summed E-state index contributed by atoms with van der Waals surface area (Å²) >= 11 is 1.04. The summed E-state index contributed by atoms with van der Waals surface area (Å²) in [5.74, 6) is -2.72. The molecule has 0 saturated carbocycles. The molecule has 0 saturated heterocycles. The van der Waals surface area contributed by atoms with Gasteiger partial charge in [-0.3, -0.25) is 14.7 Å². The van der Waals surface area contributed by atoms with Crippen molar-refractivity contribution in [3.8, 4) is 5.75 Å². The number of aromatic amines is 1. The third kappa shape index (κ3) is 2.68. The van der Waals surface area contributed by atoms with Crippen molar-refractivity contribution in [1.82, 2.24) is 10.3 Å². The molecule has 8 nitrogen and oxygen atoms in total. The monoisotopic (exact) mass is 478 g/mol. The molecule has 1 aliphatic carbocycles. The van der Waals surface area contributed by atoms with Gasteiger partial charge in [0.1, 0.15) is 11.4 Å². The van der Waals surface area contributed by atoms with E-state index in [9.17, 15) is 14.7 Å². The molecule has 0 spiro atoms. The molecule has 9 heteroatoms. The van der Waals surface area contributed by atoms with Crippen LogP contribution in [-0.4, -0.2) is 21.8 Å². The standard InChI is InChI=1S/C25H26N4O4S/c1-11(2)14-8-9-15-18(10-14)33-25(32)16-6-5-7-17(26)19(16)22(30)24(15,25)29-23(31)20-12(3)21(34-27)13(4)28-20/h5-11,28,32H,26-27H2,1-4H3,(H,29,31). The molecule has 5 rings (SSSR count). The molecule has 1 amide bonds. The molecule has 0 fully saturated rings. The zero-order chi connectivity index (χ0) is 24.6. The number of aromatic nitrogens is 1. The maximum absolute atomic E-state index is 14.0. The first kappa shape index (κ1) is 22.5. The van der Waals surface area contributed by atoms with Gasteiger partial charge in [-0.2, -0.15) is 0 Å². The number of hydrogen-bond acceptors (Lipinski definition) is 7. The summed E-state index contributed by atoms with van der Waals surface area (Å²) in [6, 6.07) is 10.2. The Morgan fingerprint density at radius 2 is 1.94 bits per heavy atom. The fourth-order valence-corrected chi connectivity index (χ4v) is 5.62. The Morgan fingerprint density at radius 1 is 1.21 bits per heavy atom. The van der Waals surface area contributed by atoms with Gasteiger partial charge in [0.05, 0.1) is 5.56 Å². The highest BCUT2D eigenvalue weighted by Gasteiger charge is 2.72. The molecule has 1 aliphatic heterocycles. The molecule has 3 aromatic rings. The number of anilines is 1. The second-order valence-electron chi connectivity index (χ2n) is 9.16. The summed E-state index contributed by atoms with van der Waals surface area (Å²) in [5.41, 5.74) is 7.80. The van der Waals surface area contributed by atoms with Gasteiger partial charge >= 0.3 is 0 Å². The molecule has 2 atom stereocenters. The summed E-state index contributed by atoms with van der Waals surface area (Å²) < 4.78 is 6.11. The molecule has 0 radical (unpaired) electrons. The van der Waals surface area contributed by atoms with Gasteiger partial charge in [-0.15, -0.1) is 0 Å². The topological polar surface area (TPSA) is 143 Å². The second-order valence-corrected chi connectivity index (χ2v) is 9.80. The lowest BCUT2D eigenvalue weighted by Crippen LogP contribution is -2.60. The average Bonchev–Trinajstić information content (AvgIpc) is 3.29. The van der Waals surface area contributed by atoms with Crippen LogP contribution in [0.25, 0.3) is 0 Å². The van der Waals surface area contributed by atoms with Crippen LogP contribution in [0, 0.1) is 13.8 Å². The van der Waals surface area contributed by atoms with E-state index in [1.165, 1.54) is 0 Å². The van der Waals surface area contributed by atoms with Gasteiger partial charge in [-0.05, 0) is 55.0 Å². The molecule has 2 aliphatic rings. The minimum atomic E-state index is -2.16. The van der Waals surface area contributed by atoms with E-state index in [2.05, 4.69) is 10.3 Å². The lowest BCUT2D eigenvalue weighted by molar-refractivity contribution is -0.169. The van der Waals surface area contributed by atoms with Crippen molar-refractivity contribution in [2.45, 2.75) is 49.8 Å². The van der Waals surface area contributed by atoms with E-state index >= 15 is 0 Å². The fraction of sp³-hybridized carbons (Fsp3) is 0.280. The van der Waals surface area contributed by atoms with Crippen LogP contribution in [0.4, 0.5) is 5.69 Å². The van der Waals surface area contributed by atoms with Crippen LogP contribution < -0.4 is 20.9 Å². The number of H-pyrrole nitrogens is 1. The lowest BCUT2D eigenvalue weighted by Gasteiger charge is -2.34. The fourth-order valence-electron chi connectivity index (χ4n) is 5.12. The average molecular weight is 479 g/mol. The first-order chi connectivity index (χ1) is 16.1. The van der Waals surface area contributed by atoms with E-state index in [-0.39, 0.29) is 28.4 Å². The van der Waals surface area contributed by atoms with Crippen molar-refractivity contribution in [3.05, 3.63) is 75.6 Å². The number of amides is 1. The summed E-state index contributed by atoms with van der Waals surface area (Å²) in [6.45, 7) is 7.66. The van der Waals surface area contributed by atoms with Crippen molar-refractivity contribution in [3.63, 3.8) is 0 Å². The Bertz CT molecular complexity index is 1380. The van der Waals surface area contributed by atoms with Crippen LogP contribution in [0.5, 0.6) is 5.75 Å². The zero-order valence-electron chi connectivity index (χ0n) is 19.3. The molecule has 0 bridgehead atoms. The van der Waals surface area contributed by atoms with Gasteiger partial charge in [-0.1, -0.05) is 38.1 Å². The summed E-state index contributed by atoms with van der Waals surface area (Å²) in [7, 11) is 0. The first-order valence-electron chi connectivity index (χ1n) is 10.9. The number of carbonyl (C=O) groups excluding carboxylic acids is 2. The maximum atomic E-state index is 14.0. The molecular weight excluding hydrogens is 452 g/mol. The summed E-state index contributed by atoms with van der Waals surface area (Å²) in [5, 5.41) is 20.6. The minimum Gasteiger partial charge on any atom is -0.454 e. The zero-order valence-corrected chi connectivity index (χ0v) is 20.1. The quantitative estimate of drug-likeness (QED) is 0.286. The molecule has 2 aromatic carbocycles. The minimum absolute atomic E-state index is 0.140. The first-order valence-corrected chi connectivity index (χ1v) is 11.8.